The maximum Gasteiger partial charge on any atom is 0.194 e. The van der Waals surface area contributed by atoms with Gasteiger partial charge in [-0.2, -0.15) is 0 Å². The minimum absolute atomic E-state index is 0. The molecule has 0 unspecified atom stereocenters. The summed E-state index contributed by atoms with van der Waals surface area (Å²) < 4.78 is 16.2. The van der Waals surface area contributed by atoms with E-state index < -0.39 is 0 Å². The second kappa shape index (κ2) is 12.2. The summed E-state index contributed by atoms with van der Waals surface area (Å²) in [7, 11) is 3.35. The highest BCUT2D eigenvalue weighted by Crippen LogP contribution is 2.33. The van der Waals surface area contributed by atoms with Gasteiger partial charge in [-0.05, 0) is 49.9 Å². The fourth-order valence-electron chi connectivity index (χ4n) is 2.99. The second-order valence-electron chi connectivity index (χ2n) is 5.93. The van der Waals surface area contributed by atoms with E-state index in [0.29, 0.717) is 0 Å². The fourth-order valence-corrected chi connectivity index (χ4v) is 2.99. The minimum atomic E-state index is 0. The van der Waals surface area contributed by atoms with E-state index >= 15 is 0 Å². The Kier molecular flexibility index (Phi) is 10.7. The number of benzene rings is 1. The number of ether oxygens (including phenoxy) is 3. The van der Waals surface area contributed by atoms with Gasteiger partial charge >= 0.3 is 0 Å². The zero-order valence-electron chi connectivity index (χ0n) is 16.3. The molecule has 2 rings (SSSR count). The number of methoxy groups -OCH3 is 2. The SMILES string of the molecule is CCNC(=NCCCOCC)N1CCc2cc(OC)c(OC)cc2C1.I. The summed E-state index contributed by atoms with van der Waals surface area (Å²) in [6, 6.07) is 4.18. The maximum absolute atomic E-state index is 5.44. The smallest absolute Gasteiger partial charge is 0.194 e. The van der Waals surface area contributed by atoms with Gasteiger partial charge in [0.1, 0.15) is 0 Å². The Morgan fingerprint density at radius 2 is 1.85 bits per heavy atom. The number of hydrogen-bond acceptors (Lipinski definition) is 4. The van der Waals surface area contributed by atoms with Crippen molar-refractivity contribution in [1.29, 1.82) is 0 Å². The van der Waals surface area contributed by atoms with Gasteiger partial charge in [0.05, 0.1) is 14.2 Å². The van der Waals surface area contributed by atoms with Crippen LogP contribution in [0.2, 0.25) is 0 Å². The molecule has 0 atom stereocenters. The molecule has 148 valence electrons. The lowest BCUT2D eigenvalue weighted by Gasteiger charge is -2.32. The molecule has 1 aromatic rings. The molecule has 0 spiro atoms. The highest BCUT2D eigenvalue weighted by atomic mass is 127. The summed E-state index contributed by atoms with van der Waals surface area (Å²) in [6.07, 6.45) is 1.91. The molecule has 0 saturated carbocycles. The topological polar surface area (TPSA) is 55.3 Å². The van der Waals surface area contributed by atoms with Crippen LogP contribution < -0.4 is 14.8 Å². The van der Waals surface area contributed by atoms with Crippen molar-refractivity contribution in [2.75, 3.05) is 47.1 Å². The number of halogens is 1. The summed E-state index contributed by atoms with van der Waals surface area (Å²) in [5, 5.41) is 3.40. The van der Waals surface area contributed by atoms with E-state index in [9.17, 15) is 0 Å². The highest BCUT2D eigenvalue weighted by Gasteiger charge is 2.21. The maximum atomic E-state index is 5.44. The zero-order chi connectivity index (χ0) is 18.1. The van der Waals surface area contributed by atoms with Crippen LogP contribution in [-0.2, 0) is 17.7 Å². The molecule has 0 radical (unpaired) electrons. The quantitative estimate of drug-likeness (QED) is 0.270. The predicted octanol–water partition coefficient (Wildman–Crippen LogP) is 3.07. The Hall–Kier alpha value is -1.22. The van der Waals surface area contributed by atoms with Gasteiger partial charge in [0.2, 0.25) is 0 Å². The van der Waals surface area contributed by atoms with E-state index in [1.165, 1.54) is 11.1 Å². The molecule has 0 amide bonds. The summed E-state index contributed by atoms with van der Waals surface area (Å²) in [4.78, 5) is 7.06. The number of rotatable bonds is 8. The molecule has 1 aliphatic rings. The van der Waals surface area contributed by atoms with E-state index in [4.69, 9.17) is 19.2 Å². The summed E-state index contributed by atoms with van der Waals surface area (Å²) in [5.41, 5.74) is 2.59. The van der Waals surface area contributed by atoms with Gasteiger partial charge in [-0.3, -0.25) is 4.99 Å². The van der Waals surface area contributed by atoms with E-state index in [1.54, 1.807) is 14.2 Å². The number of guanidine groups is 1. The number of nitrogens with zero attached hydrogens (tertiary/aromatic N) is 2. The number of fused-ring (bicyclic) bond motifs is 1. The Bertz CT molecular complexity index is 581. The second-order valence-corrected chi connectivity index (χ2v) is 5.93. The third kappa shape index (κ3) is 6.19. The molecule has 26 heavy (non-hydrogen) atoms. The lowest BCUT2D eigenvalue weighted by Crippen LogP contribution is -2.44. The molecule has 7 heteroatoms. The van der Waals surface area contributed by atoms with Crippen molar-refractivity contribution in [3.8, 4) is 11.5 Å². The van der Waals surface area contributed by atoms with Crippen molar-refractivity contribution in [2.24, 2.45) is 4.99 Å². The van der Waals surface area contributed by atoms with Gasteiger partial charge in [-0.15, -0.1) is 24.0 Å². The van der Waals surface area contributed by atoms with Crippen LogP contribution in [0, 0.1) is 0 Å². The van der Waals surface area contributed by atoms with E-state index in [2.05, 4.69) is 29.3 Å². The van der Waals surface area contributed by atoms with E-state index in [0.717, 1.165) is 69.7 Å². The first-order valence-electron chi connectivity index (χ1n) is 9.08. The number of hydrogen-bond donors (Lipinski definition) is 1. The van der Waals surface area contributed by atoms with Crippen molar-refractivity contribution >= 4 is 29.9 Å². The first kappa shape index (κ1) is 22.8. The molecule has 1 aromatic carbocycles. The van der Waals surface area contributed by atoms with Crippen molar-refractivity contribution < 1.29 is 14.2 Å². The Morgan fingerprint density at radius 3 is 2.46 bits per heavy atom. The van der Waals surface area contributed by atoms with Crippen LogP contribution in [-0.4, -0.2) is 57.9 Å². The van der Waals surface area contributed by atoms with Crippen LogP contribution in [0.25, 0.3) is 0 Å². The highest BCUT2D eigenvalue weighted by molar-refractivity contribution is 14.0. The van der Waals surface area contributed by atoms with Gasteiger partial charge in [-0.25, -0.2) is 0 Å². The molecule has 1 heterocycles. The Labute approximate surface area is 174 Å². The van der Waals surface area contributed by atoms with Crippen LogP contribution in [0.4, 0.5) is 0 Å². The number of aliphatic imine (C=N–C) groups is 1. The standard InChI is InChI=1S/C19H31N3O3.HI/c1-5-20-19(21-9-7-11-25-6-2)22-10-8-15-12-17(23-3)18(24-4)13-16(15)14-22;/h12-13H,5-11,14H2,1-4H3,(H,20,21);1H. The largest absolute Gasteiger partial charge is 0.493 e. The average molecular weight is 477 g/mol. The van der Waals surface area contributed by atoms with Crippen molar-refractivity contribution in [2.45, 2.75) is 33.2 Å². The molecular formula is C19H32IN3O3. The van der Waals surface area contributed by atoms with Gasteiger partial charge in [-0.1, -0.05) is 0 Å². The molecule has 0 fully saturated rings. The summed E-state index contributed by atoms with van der Waals surface area (Å²) >= 11 is 0. The monoisotopic (exact) mass is 477 g/mol. The third-order valence-corrected chi connectivity index (χ3v) is 4.26. The lowest BCUT2D eigenvalue weighted by atomic mass is 9.99. The van der Waals surface area contributed by atoms with Crippen LogP contribution in [0.1, 0.15) is 31.4 Å². The zero-order valence-corrected chi connectivity index (χ0v) is 18.7. The van der Waals surface area contributed by atoms with E-state index in [1.807, 2.05) is 6.92 Å². The van der Waals surface area contributed by atoms with Gasteiger partial charge in [0.25, 0.3) is 0 Å². The molecule has 0 aliphatic carbocycles. The van der Waals surface area contributed by atoms with Gasteiger partial charge in [0, 0.05) is 39.4 Å². The van der Waals surface area contributed by atoms with Crippen LogP contribution in [0.15, 0.2) is 17.1 Å². The summed E-state index contributed by atoms with van der Waals surface area (Å²) in [5.74, 6) is 2.55. The molecule has 6 nitrogen and oxygen atoms in total. The van der Waals surface area contributed by atoms with E-state index in [-0.39, 0.29) is 24.0 Å². The molecule has 1 aliphatic heterocycles. The lowest BCUT2D eigenvalue weighted by molar-refractivity contribution is 0.146. The van der Waals surface area contributed by atoms with Gasteiger partial charge < -0.3 is 24.4 Å². The Balaban J connectivity index is 0.00000338. The van der Waals surface area contributed by atoms with Crippen molar-refractivity contribution in [3.05, 3.63) is 23.3 Å². The Morgan fingerprint density at radius 1 is 1.15 bits per heavy atom. The molecule has 0 bridgehead atoms. The molecular weight excluding hydrogens is 445 g/mol. The molecule has 0 aromatic heterocycles. The predicted molar refractivity (Wildman–Crippen MR) is 116 cm³/mol. The number of nitrogens with one attached hydrogen (secondary N) is 1. The normalized spacial score (nSPS) is 13.7. The fraction of sp³-hybridized carbons (Fsp3) is 0.632. The third-order valence-electron chi connectivity index (χ3n) is 4.26. The summed E-state index contributed by atoms with van der Waals surface area (Å²) in [6.45, 7) is 9.05. The average Bonchev–Trinajstić information content (AvgIpc) is 2.65. The van der Waals surface area contributed by atoms with Crippen LogP contribution in [0.3, 0.4) is 0 Å². The first-order chi connectivity index (χ1) is 12.2. The van der Waals surface area contributed by atoms with Gasteiger partial charge in [0.15, 0.2) is 17.5 Å². The van der Waals surface area contributed by atoms with Crippen molar-refractivity contribution in [3.63, 3.8) is 0 Å². The molecule has 0 saturated heterocycles. The first-order valence-corrected chi connectivity index (χ1v) is 9.08. The van der Waals surface area contributed by atoms with Crippen molar-refractivity contribution in [1.82, 2.24) is 10.2 Å². The molecule has 1 N–H and O–H groups in total. The van der Waals surface area contributed by atoms with Crippen LogP contribution >= 0.6 is 24.0 Å². The van der Waals surface area contributed by atoms with Crippen LogP contribution in [0.5, 0.6) is 11.5 Å². The minimum Gasteiger partial charge on any atom is -0.493 e.